The molecule has 0 bridgehead atoms. The number of likely N-dealkylation sites (tertiary alicyclic amines) is 1. The summed E-state index contributed by atoms with van der Waals surface area (Å²) in [5.74, 6) is 0.264. The van der Waals surface area contributed by atoms with Crippen molar-refractivity contribution in [3.8, 4) is 0 Å². The number of nitrogens with two attached hydrogens (primary N) is 1. The first-order valence-electron chi connectivity index (χ1n) is 13.9. The number of hydrogen-bond donors (Lipinski definition) is 1. The maximum atomic E-state index is 13.7. The quantitative estimate of drug-likeness (QED) is 0.417. The maximum Gasteiger partial charge on any atom is 0.238 e. The topological polar surface area (TPSA) is 121 Å². The van der Waals surface area contributed by atoms with Gasteiger partial charge in [-0.2, -0.15) is 0 Å². The van der Waals surface area contributed by atoms with Gasteiger partial charge >= 0.3 is 0 Å². The number of rotatable bonds is 10. The van der Waals surface area contributed by atoms with E-state index in [1.807, 2.05) is 12.1 Å². The summed E-state index contributed by atoms with van der Waals surface area (Å²) < 4.78 is 48.2. The van der Waals surface area contributed by atoms with Crippen LogP contribution in [0.2, 0.25) is 10.0 Å². The second-order valence-electron chi connectivity index (χ2n) is 11.1. The van der Waals surface area contributed by atoms with Crippen LogP contribution < -0.4 is 10.0 Å². The van der Waals surface area contributed by atoms with Crippen molar-refractivity contribution >= 4 is 54.8 Å². The third-order valence-corrected chi connectivity index (χ3v) is 11.1. The number of piperidine rings is 2. The molecule has 0 spiro atoms. The molecule has 2 aliphatic heterocycles. The average Bonchev–Trinajstić information content (AvgIpc) is 2.93. The first-order valence-corrected chi connectivity index (χ1v) is 18.0. The Bertz CT molecular complexity index is 1420. The summed E-state index contributed by atoms with van der Waals surface area (Å²) in [5, 5.41) is 6.00. The molecule has 2 saturated heterocycles. The van der Waals surface area contributed by atoms with Gasteiger partial charge in [-0.3, -0.25) is 4.79 Å². The Morgan fingerprint density at radius 2 is 1.56 bits per heavy atom. The molecule has 2 fully saturated rings. The Morgan fingerprint density at radius 1 is 0.927 bits per heavy atom. The van der Waals surface area contributed by atoms with Gasteiger partial charge in [0.2, 0.25) is 26.0 Å². The average molecular weight is 646 g/mol. The van der Waals surface area contributed by atoms with E-state index < -0.39 is 20.0 Å². The minimum absolute atomic E-state index is 0.0105. The number of halogens is 2. The number of primary sulfonamides is 1. The summed E-state index contributed by atoms with van der Waals surface area (Å²) in [6.07, 6.45) is 5.96. The van der Waals surface area contributed by atoms with Gasteiger partial charge in [0.15, 0.2) is 0 Å². The molecule has 0 saturated carbocycles. The van der Waals surface area contributed by atoms with Crippen LogP contribution in [0, 0.1) is 11.8 Å². The Labute approximate surface area is 253 Å². The lowest BCUT2D eigenvalue weighted by molar-refractivity contribution is -0.123. The lowest BCUT2D eigenvalue weighted by Crippen LogP contribution is -2.45. The van der Waals surface area contributed by atoms with Crippen molar-refractivity contribution < 1.29 is 21.6 Å². The van der Waals surface area contributed by atoms with Crippen LogP contribution in [0.1, 0.15) is 37.7 Å². The zero-order valence-electron chi connectivity index (χ0n) is 23.2. The van der Waals surface area contributed by atoms with E-state index in [1.165, 1.54) is 10.6 Å². The number of nitrogens with zero attached hydrogens (tertiary/aromatic N) is 3. The molecule has 1 amide bonds. The summed E-state index contributed by atoms with van der Waals surface area (Å²) in [4.78, 5) is 18.0. The number of sulfonamides is 2. The summed E-state index contributed by atoms with van der Waals surface area (Å²) in [5.41, 5.74) is 1.80. The predicted molar refractivity (Wildman–Crippen MR) is 163 cm³/mol. The number of carbonyl (C=O) groups excluding carboxylic acids is 1. The van der Waals surface area contributed by atoms with E-state index in [0.29, 0.717) is 54.1 Å². The van der Waals surface area contributed by atoms with Gasteiger partial charge in [-0.1, -0.05) is 35.3 Å². The lowest BCUT2D eigenvalue weighted by Gasteiger charge is -2.35. The lowest BCUT2D eigenvalue weighted by atomic mass is 9.90. The molecule has 2 aromatic rings. The molecule has 0 atom stereocenters. The molecule has 0 aliphatic carbocycles. The third-order valence-electron chi connectivity index (χ3n) is 8.09. The van der Waals surface area contributed by atoms with Gasteiger partial charge in [0, 0.05) is 31.2 Å². The van der Waals surface area contributed by atoms with Crippen LogP contribution in [0.4, 0.5) is 5.69 Å². The number of hydrogen-bond acceptors (Lipinski definition) is 6. The molecule has 0 radical (unpaired) electrons. The van der Waals surface area contributed by atoms with Crippen LogP contribution in [0.5, 0.6) is 0 Å². The molecule has 2 aliphatic rings. The highest BCUT2D eigenvalue weighted by molar-refractivity contribution is 7.89. The van der Waals surface area contributed by atoms with E-state index >= 15 is 0 Å². The van der Waals surface area contributed by atoms with Gasteiger partial charge in [0.25, 0.3) is 0 Å². The van der Waals surface area contributed by atoms with E-state index in [2.05, 4.69) is 4.90 Å². The number of carbonyl (C=O) groups is 1. The molecule has 226 valence electrons. The van der Waals surface area contributed by atoms with Crippen LogP contribution in [0.25, 0.3) is 0 Å². The number of anilines is 1. The molecule has 2 aromatic carbocycles. The zero-order valence-corrected chi connectivity index (χ0v) is 26.4. The van der Waals surface area contributed by atoms with Crippen molar-refractivity contribution in [2.24, 2.45) is 17.0 Å². The Kier molecular flexibility index (Phi) is 10.8. The van der Waals surface area contributed by atoms with E-state index in [0.717, 1.165) is 50.9 Å². The van der Waals surface area contributed by atoms with Gasteiger partial charge in [0.1, 0.15) is 0 Å². The zero-order chi connectivity index (χ0) is 29.8. The van der Waals surface area contributed by atoms with E-state index in [1.54, 1.807) is 35.2 Å². The van der Waals surface area contributed by atoms with Crippen molar-refractivity contribution in [3.63, 3.8) is 0 Å². The standard InChI is InChI=1S/C28H38Cl2N4O5S2/c1-40(36,37)33-17-11-23(12-18-33)28(35)34(24-5-8-26(29)27(30)20-24)14-2-13-32-15-9-22(10-16-32)19-21-3-6-25(7-4-21)41(31,38)39/h3-8,20,22-23H,2,9-19H2,1H3,(H2,31,38,39). The second kappa shape index (κ2) is 13.7. The largest absolute Gasteiger partial charge is 0.312 e. The first-order chi connectivity index (χ1) is 19.3. The van der Waals surface area contributed by atoms with Gasteiger partial charge in [-0.25, -0.2) is 26.3 Å². The second-order valence-corrected chi connectivity index (χ2v) is 15.4. The Balaban J connectivity index is 1.30. The molecule has 2 heterocycles. The van der Waals surface area contributed by atoms with Crippen LogP contribution in [-0.2, 0) is 31.3 Å². The van der Waals surface area contributed by atoms with Crippen LogP contribution in [0.15, 0.2) is 47.4 Å². The van der Waals surface area contributed by atoms with E-state index in [-0.39, 0.29) is 16.7 Å². The molecule has 0 unspecified atom stereocenters. The fourth-order valence-corrected chi connectivity index (χ4v) is 7.37. The monoisotopic (exact) mass is 644 g/mol. The summed E-state index contributed by atoms with van der Waals surface area (Å²) in [7, 11) is -6.95. The molecule has 41 heavy (non-hydrogen) atoms. The van der Waals surface area contributed by atoms with Gasteiger partial charge < -0.3 is 9.80 Å². The molecule has 0 aromatic heterocycles. The summed E-state index contributed by atoms with van der Waals surface area (Å²) in [6.45, 7) is 3.99. The Morgan fingerprint density at radius 3 is 2.12 bits per heavy atom. The molecule has 13 heteroatoms. The molecule has 4 rings (SSSR count). The summed E-state index contributed by atoms with van der Waals surface area (Å²) in [6, 6.07) is 12.0. The maximum absolute atomic E-state index is 13.7. The van der Waals surface area contributed by atoms with Gasteiger partial charge in [0.05, 0.1) is 21.2 Å². The van der Waals surface area contributed by atoms with E-state index in [9.17, 15) is 21.6 Å². The summed E-state index contributed by atoms with van der Waals surface area (Å²) >= 11 is 12.4. The van der Waals surface area contributed by atoms with E-state index in [4.69, 9.17) is 28.3 Å². The first kappa shape index (κ1) is 32.2. The van der Waals surface area contributed by atoms with Crippen LogP contribution >= 0.6 is 23.2 Å². The third kappa shape index (κ3) is 8.89. The smallest absolute Gasteiger partial charge is 0.238 e. The van der Waals surface area contributed by atoms with Crippen LogP contribution in [0.3, 0.4) is 0 Å². The van der Waals surface area contributed by atoms with Gasteiger partial charge in [-0.05, 0) is 100.0 Å². The molecular formula is C28H38Cl2N4O5S2. The Hall–Kier alpha value is -1.73. The highest BCUT2D eigenvalue weighted by Crippen LogP contribution is 2.30. The van der Waals surface area contributed by atoms with Crippen LogP contribution in [-0.4, -0.2) is 77.5 Å². The van der Waals surface area contributed by atoms with Gasteiger partial charge in [-0.15, -0.1) is 0 Å². The highest BCUT2D eigenvalue weighted by atomic mass is 35.5. The predicted octanol–water partition coefficient (Wildman–Crippen LogP) is 3.99. The highest BCUT2D eigenvalue weighted by Gasteiger charge is 2.32. The molecule has 2 N–H and O–H groups in total. The number of benzene rings is 2. The van der Waals surface area contributed by atoms with Crippen molar-refractivity contribution in [1.82, 2.24) is 9.21 Å². The number of amides is 1. The molecular weight excluding hydrogens is 607 g/mol. The van der Waals surface area contributed by atoms with Crippen molar-refractivity contribution in [2.75, 3.05) is 50.4 Å². The minimum Gasteiger partial charge on any atom is -0.312 e. The van der Waals surface area contributed by atoms with Crippen molar-refractivity contribution in [3.05, 3.63) is 58.1 Å². The van der Waals surface area contributed by atoms with Crippen molar-refractivity contribution in [2.45, 2.75) is 43.4 Å². The minimum atomic E-state index is -3.68. The fourth-order valence-electron chi connectivity index (χ4n) is 5.69. The molecule has 9 nitrogen and oxygen atoms in total. The normalized spacial score (nSPS) is 18.4. The SMILES string of the molecule is CS(=O)(=O)N1CCC(C(=O)N(CCCN2CCC(Cc3ccc(S(N)(=O)=O)cc3)CC2)c2ccc(Cl)c(Cl)c2)CC1. The fraction of sp³-hybridized carbons (Fsp3) is 0.536. The van der Waals surface area contributed by atoms with Crippen molar-refractivity contribution in [1.29, 1.82) is 0 Å².